The molecule has 0 amide bonds. The van der Waals surface area contributed by atoms with E-state index in [1.54, 1.807) is 6.07 Å². The highest BCUT2D eigenvalue weighted by molar-refractivity contribution is 7.88. The van der Waals surface area contributed by atoms with Gasteiger partial charge in [0, 0.05) is 6.20 Å². The lowest BCUT2D eigenvalue weighted by Gasteiger charge is -2.11. The molecule has 2 aromatic heterocycles. The summed E-state index contributed by atoms with van der Waals surface area (Å²) in [5.74, 6) is -0.601. The Morgan fingerprint density at radius 1 is 1.45 bits per heavy atom. The maximum Gasteiger partial charge on any atom is 0.534 e. The first-order valence-electron chi connectivity index (χ1n) is 5.04. The van der Waals surface area contributed by atoms with Gasteiger partial charge in [0.25, 0.3) is 0 Å². The average Bonchev–Trinajstić information content (AvgIpc) is 2.69. The van der Waals surface area contributed by atoms with Gasteiger partial charge in [0.2, 0.25) is 0 Å². The van der Waals surface area contributed by atoms with E-state index in [9.17, 15) is 21.6 Å². The number of halogens is 3. The van der Waals surface area contributed by atoms with Crippen LogP contribution < -0.4 is 9.65 Å². The van der Waals surface area contributed by atoms with E-state index in [-0.39, 0.29) is 11.1 Å². The molecule has 2 rings (SSSR count). The molecule has 0 spiro atoms. The number of fused-ring (bicyclic) bond motifs is 1. The molecule has 0 N–H and O–H groups in total. The number of alkyl halides is 3. The van der Waals surface area contributed by atoms with Crippen molar-refractivity contribution < 1.29 is 25.8 Å². The first-order chi connectivity index (χ1) is 9.15. The highest BCUT2D eigenvalue weighted by atomic mass is 32.2. The van der Waals surface area contributed by atoms with Crippen LogP contribution in [0.5, 0.6) is 5.75 Å². The van der Waals surface area contributed by atoms with Crippen LogP contribution in [-0.4, -0.2) is 31.4 Å². The van der Waals surface area contributed by atoms with E-state index >= 15 is 0 Å². The van der Waals surface area contributed by atoms with Crippen molar-refractivity contribution in [1.82, 2.24) is 9.61 Å². The molecule has 0 fully saturated rings. The average molecular weight is 303 g/mol. The molecule has 0 aliphatic heterocycles. The molecule has 0 bridgehead atoms. The molecule has 104 valence electrons. The fourth-order valence-corrected chi connectivity index (χ4v) is 1.98. The smallest absolute Gasteiger partial charge is 0.374 e. The number of nitriles is 1. The summed E-state index contributed by atoms with van der Waals surface area (Å²) in [4.78, 5) is 0. The van der Waals surface area contributed by atoms with Gasteiger partial charge in [-0.05, 0) is 6.07 Å². The fourth-order valence-electron chi connectivity index (χ4n) is 1.52. The van der Waals surface area contributed by atoms with Crippen LogP contribution in [0.4, 0.5) is 13.2 Å². The number of rotatable bonds is 2. The first-order valence-corrected chi connectivity index (χ1v) is 6.45. The van der Waals surface area contributed by atoms with E-state index in [0.717, 1.165) is 16.8 Å². The first kappa shape index (κ1) is 14.2. The standard InChI is InChI=1S/C9H5BF3N3O3S/c10-6-1-7(19-20(17,18)9(11,12)13)8-5(2-14)3-15-16(8)4-6/h1,3-4H,10H2. The third-order valence-electron chi connectivity index (χ3n) is 2.32. The Labute approximate surface area is 111 Å². The van der Waals surface area contributed by atoms with Gasteiger partial charge in [-0.3, -0.25) is 0 Å². The number of hydrogen-bond acceptors (Lipinski definition) is 5. The summed E-state index contributed by atoms with van der Waals surface area (Å²) < 4.78 is 64.2. The van der Waals surface area contributed by atoms with Crippen LogP contribution in [0.3, 0.4) is 0 Å². The Bertz CT molecular complexity index is 823. The van der Waals surface area contributed by atoms with Crippen LogP contribution in [0.2, 0.25) is 0 Å². The predicted octanol–water partition coefficient (Wildman–Crippen LogP) is -0.307. The molecule has 0 unspecified atom stereocenters. The highest BCUT2D eigenvalue weighted by Gasteiger charge is 2.48. The summed E-state index contributed by atoms with van der Waals surface area (Å²) >= 11 is 0. The number of aromatic nitrogens is 2. The van der Waals surface area contributed by atoms with Crippen LogP contribution in [0.25, 0.3) is 5.52 Å². The van der Waals surface area contributed by atoms with Crippen molar-refractivity contribution in [2.45, 2.75) is 5.51 Å². The largest absolute Gasteiger partial charge is 0.534 e. The molecule has 0 aliphatic carbocycles. The Balaban J connectivity index is 2.66. The molecular formula is C9H5BF3N3O3S. The molecule has 0 atom stereocenters. The van der Waals surface area contributed by atoms with Gasteiger partial charge in [-0.1, -0.05) is 5.46 Å². The quantitative estimate of drug-likeness (QED) is 0.432. The molecule has 20 heavy (non-hydrogen) atoms. The van der Waals surface area contributed by atoms with E-state index in [4.69, 9.17) is 5.26 Å². The van der Waals surface area contributed by atoms with Crippen molar-refractivity contribution in [2.24, 2.45) is 0 Å². The molecule has 0 radical (unpaired) electrons. The molecule has 6 nitrogen and oxygen atoms in total. The molecule has 0 aromatic carbocycles. The second kappa shape index (κ2) is 4.41. The molecule has 0 aliphatic rings. The zero-order chi connectivity index (χ0) is 15.1. The van der Waals surface area contributed by atoms with Crippen LogP contribution >= 0.6 is 0 Å². The summed E-state index contributed by atoms with van der Waals surface area (Å²) in [6, 6.07) is 2.78. The lowest BCUT2D eigenvalue weighted by molar-refractivity contribution is -0.0499. The number of hydrogen-bond donors (Lipinski definition) is 0. The Morgan fingerprint density at radius 3 is 2.65 bits per heavy atom. The zero-order valence-electron chi connectivity index (χ0n) is 9.84. The summed E-state index contributed by atoms with van der Waals surface area (Å²) in [5.41, 5.74) is -5.39. The summed E-state index contributed by atoms with van der Waals surface area (Å²) in [6.07, 6.45) is 2.52. The van der Waals surface area contributed by atoms with Crippen molar-refractivity contribution in [1.29, 1.82) is 5.26 Å². The molecule has 0 saturated heterocycles. The Morgan fingerprint density at radius 2 is 2.10 bits per heavy atom. The van der Waals surface area contributed by atoms with Gasteiger partial charge in [-0.15, -0.1) is 0 Å². The fraction of sp³-hybridized carbons (Fsp3) is 0.111. The van der Waals surface area contributed by atoms with E-state index in [0.29, 0.717) is 5.46 Å². The lowest BCUT2D eigenvalue weighted by Crippen LogP contribution is -2.28. The van der Waals surface area contributed by atoms with Gasteiger partial charge in [-0.2, -0.15) is 31.9 Å². The van der Waals surface area contributed by atoms with Gasteiger partial charge in [0.05, 0.1) is 6.20 Å². The van der Waals surface area contributed by atoms with E-state index < -0.39 is 21.4 Å². The molecule has 2 heterocycles. The normalized spacial score (nSPS) is 12.3. The maximum atomic E-state index is 12.3. The summed E-state index contributed by atoms with van der Waals surface area (Å²) in [6.45, 7) is 0. The van der Waals surface area contributed by atoms with Crippen molar-refractivity contribution >= 4 is 28.9 Å². The van der Waals surface area contributed by atoms with E-state index in [1.807, 2.05) is 0 Å². The molecular weight excluding hydrogens is 298 g/mol. The zero-order valence-corrected chi connectivity index (χ0v) is 10.7. The van der Waals surface area contributed by atoms with Gasteiger partial charge in [0.1, 0.15) is 25.0 Å². The van der Waals surface area contributed by atoms with Crippen LogP contribution in [0.15, 0.2) is 18.5 Å². The van der Waals surface area contributed by atoms with Crippen LogP contribution in [0, 0.1) is 11.3 Å². The van der Waals surface area contributed by atoms with Crippen LogP contribution in [0.1, 0.15) is 5.56 Å². The summed E-state index contributed by atoms with van der Waals surface area (Å²) in [7, 11) is -4.30. The van der Waals surface area contributed by atoms with Crippen molar-refractivity contribution in [3.63, 3.8) is 0 Å². The second-order valence-corrected chi connectivity index (χ2v) is 5.37. The summed E-state index contributed by atoms with van der Waals surface area (Å²) in [5, 5.41) is 12.6. The minimum absolute atomic E-state index is 0.0997. The maximum absolute atomic E-state index is 12.3. The number of nitrogens with zero attached hydrogens (tertiary/aromatic N) is 3. The van der Waals surface area contributed by atoms with Crippen molar-refractivity contribution in [3.05, 3.63) is 24.0 Å². The van der Waals surface area contributed by atoms with E-state index in [2.05, 4.69) is 9.28 Å². The Hall–Kier alpha value is -2.22. The van der Waals surface area contributed by atoms with Gasteiger partial charge >= 0.3 is 15.6 Å². The SMILES string of the molecule is Bc1cc(OS(=O)(=O)C(F)(F)F)c2c(C#N)cnn2c1. The Kier molecular flexibility index (Phi) is 3.13. The minimum atomic E-state index is -5.81. The third kappa shape index (κ3) is 2.29. The third-order valence-corrected chi connectivity index (χ3v) is 3.28. The predicted molar refractivity (Wildman–Crippen MR) is 63.7 cm³/mol. The van der Waals surface area contributed by atoms with Crippen molar-refractivity contribution in [3.8, 4) is 11.8 Å². The van der Waals surface area contributed by atoms with Gasteiger partial charge in [-0.25, -0.2) is 4.52 Å². The number of pyridine rings is 1. The minimum Gasteiger partial charge on any atom is -0.374 e. The van der Waals surface area contributed by atoms with Gasteiger partial charge < -0.3 is 4.18 Å². The highest BCUT2D eigenvalue weighted by Crippen LogP contribution is 2.29. The van der Waals surface area contributed by atoms with Crippen LogP contribution in [-0.2, 0) is 10.1 Å². The van der Waals surface area contributed by atoms with Gasteiger partial charge in [0.15, 0.2) is 5.75 Å². The lowest BCUT2D eigenvalue weighted by atomic mass is 9.98. The monoisotopic (exact) mass is 303 g/mol. The molecule has 11 heteroatoms. The topological polar surface area (TPSA) is 84.5 Å². The second-order valence-electron chi connectivity index (χ2n) is 3.83. The molecule has 2 aromatic rings. The van der Waals surface area contributed by atoms with Crippen molar-refractivity contribution in [2.75, 3.05) is 0 Å². The van der Waals surface area contributed by atoms with E-state index in [1.165, 1.54) is 14.0 Å². The molecule has 0 saturated carbocycles.